The van der Waals surface area contributed by atoms with E-state index in [1.165, 1.54) is 0 Å². The third-order valence-electron chi connectivity index (χ3n) is 2.83. The average molecular weight is 246 g/mol. The molecule has 18 heavy (non-hydrogen) atoms. The Morgan fingerprint density at radius 3 is 2.78 bits per heavy atom. The zero-order valence-electron chi connectivity index (χ0n) is 10.7. The van der Waals surface area contributed by atoms with Crippen molar-refractivity contribution in [2.24, 2.45) is 0 Å². The number of nitrogens with zero attached hydrogens (tertiary/aromatic N) is 1. The molecule has 1 unspecified atom stereocenters. The Bertz CT molecular complexity index is 463. The van der Waals surface area contributed by atoms with Gasteiger partial charge in [-0.3, -0.25) is 0 Å². The number of carboxylic acid groups (broad SMARTS) is 1. The number of unbranched alkanes of at least 4 members (excludes halogenated alkanes) is 1. The van der Waals surface area contributed by atoms with Gasteiger partial charge in [0.2, 0.25) is 0 Å². The standard InChI is InChI=1S/C14H18N2O2/c1-3-4-5-13(14(17)18)16-12-7-6-11(9-15)10(2)8-12/h6-8,13,16H,3-5H2,1-2H3,(H,17,18). The zero-order valence-corrected chi connectivity index (χ0v) is 10.7. The highest BCUT2D eigenvalue weighted by Gasteiger charge is 2.16. The van der Waals surface area contributed by atoms with Crippen molar-refractivity contribution in [1.29, 1.82) is 5.26 Å². The number of rotatable bonds is 6. The van der Waals surface area contributed by atoms with E-state index in [9.17, 15) is 4.79 Å². The number of nitrogens with one attached hydrogen (secondary N) is 1. The fourth-order valence-corrected chi connectivity index (χ4v) is 1.75. The van der Waals surface area contributed by atoms with Gasteiger partial charge >= 0.3 is 5.97 Å². The molecule has 0 spiro atoms. The number of aliphatic carboxylic acids is 1. The summed E-state index contributed by atoms with van der Waals surface area (Å²) in [4.78, 5) is 11.1. The lowest BCUT2D eigenvalue weighted by molar-refractivity contribution is -0.138. The second-order valence-electron chi connectivity index (χ2n) is 4.32. The molecule has 0 aromatic heterocycles. The minimum atomic E-state index is -0.842. The van der Waals surface area contributed by atoms with Gasteiger partial charge in [0.25, 0.3) is 0 Å². The van der Waals surface area contributed by atoms with Crippen LogP contribution in [-0.2, 0) is 4.79 Å². The average Bonchev–Trinajstić information content (AvgIpc) is 2.34. The molecule has 0 saturated carbocycles. The quantitative estimate of drug-likeness (QED) is 0.809. The summed E-state index contributed by atoms with van der Waals surface area (Å²) in [6, 6.07) is 6.77. The summed E-state index contributed by atoms with van der Waals surface area (Å²) >= 11 is 0. The number of benzene rings is 1. The molecule has 0 fully saturated rings. The summed E-state index contributed by atoms with van der Waals surface area (Å²) in [5.41, 5.74) is 2.21. The maximum absolute atomic E-state index is 11.1. The first-order valence-corrected chi connectivity index (χ1v) is 6.08. The molecule has 96 valence electrons. The van der Waals surface area contributed by atoms with Crippen molar-refractivity contribution in [3.63, 3.8) is 0 Å². The Balaban J connectivity index is 2.78. The first kappa shape index (κ1) is 14.0. The first-order chi connectivity index (χ1) is 8.58. The maximum Gasteiger partial charge on any atom is 0.326 e. The normalized spacial score (nSPS) is 11.6. The van der Waals surface area contributed by atoms with Gasteiger partial charge in [-0.1, -0.05) is 19.8 Å². The van der Waals surface area contributed by atoms with Crippen molar-refractivity contribution in [3.8, 4) is 6.07 Å². The van der Waals surface area contributed by atoms with Crippen molar-refractivity contribution in [1.82, 2.24) is 0 Å². The van der Waals surface area contributed by atoms with Gasteiger partial charge < -0.3 is 10.4 Å². The molecule has 4 heteroatoms. The molecule has 4 nitrogen and oxygen atoms in total. The number of carbonyl (C=O) groups is 1. The number of anilines is 1. The minimum absolute atomic E-state index is 0.572. The summed E-state index contributed by atoms with van der Waals surface area (Å²) in [6.07, 6.45) is 2.45. The Morgan fingerprint density at radius 2 is 2.28 bits per heavy atom. The second kappa shape index (κ2) is 6.65. The first-order valence-electron chi connectivity index (χ1n) is 6.08. The van der Waals surface area contributed by atoms with E-state index in [1.54, 1.807) is 18.2 Å². The molecule has 1 aromatic carbocycles. The Labute approximate surface area is 107 Å². The van der Waals surface area contributed by atoms with Crippen molar-refractivity contribution in [2.75, 3.05) is 5.32 Å². The van der Waals surface area contributed by atoms with Crippen LogP contribution >= 0.6 is 0 Å². The Kier molecular flexibility index (Phi) is 5.19. The highest BCUT2D eigenvalue weighted by Crippen LogP contribution is 2.16. The summed E-state index contributed by atoms with van der Waals surface area (Å²) < 4.78 is 0. The van der Waals surface area contributed by atoms with Gasteiger partial charge in [0.1, 0.15) is 6.04 Å². The van der Waals surface area contributed by atoms with Crippen LogP contribution in [0.3, 0.4) is 0 Å². The molecular weight excluding hydrogens is 228 g/mol. The molecule has 0 aliphatic carbocycles. The van der Waals surface area contributed by atoms with Crippen LogP contribution in [0.4, 0.5) is 5.69 Å². The van der Waals surface area contributed by atoms with E-state index >= 15 is 0 Å². The molecule has 0 saturated heterocycles. The summed E-state index contributed by atoms with van der Waals surface area (Å²) in [5, 5.41) is 20.9. The molecule has 1 rings (SSSR count). The van der Waals surface area contributed by atoms with Crippen LogP contribution < -0.4 is 5.32 Å². The number of hydrogen-bond donors (Lipinski definition) is 2. The largest absolute Gasteiger partial charge is 0.480 e. The monoisotopic (exact) mass is 246 g/mol. The number of carboxylic acids is 1. The van der Waals surface area contributed by atoms with Crippen molar-refractivity contribution < 1.29 is 9.90 Å². The lowest BCUT2D eigenvalue weighted by Crippen LogP contribution is -2.29. The summed E-state index contributed by atoms with van der Waals surface area (Å²) in [7, 11) is 0. The fourth-order valence-electron chi connectivity index (χ4n) is 1.75. The van der Waals surface area contributed by atoms with Crippen LogP contribution in [0.5, 0.6) is 0 Å². The predicted molar refractivity (Wildman–Crippen MR) is 70.5 cm³/mol. The van der Waals surface area contributed by atoms with Gasteiger partial charge in [0, 0.05) is 5.69 Å². The second-order valence-corrected chi connectivity index (χ2v) is 4.32. The maximum atomic E-state index is 11.1. The third-order valence-corrected chi connectivity index (χ3v) is 2.83. The molecule has 1 atom stereocenters. The van der Waals surface area contributed by atoms with Gasteiger partial charge in [-0.25, -0.2) is 4.79 Å². The van der Waals surface area contributed by atoms with Gasteiger partial charge in [-0.15, -0.1) is 0 Å². The van der Waals surface area contributed by atoms with E-state index in [1.807, 2.05) is 13.8 Å². The Hall–Kier alpha value is -2.02. The van der Waals surface area contributed by atoms with E-state index in [0.717, 1.165) is 24.1 Å². The van der Waals surface area contributed by atoms with Crippen molar-refractivity contribution in [3.05, 3.63) is 29.3 Å². The highest BCUT2D eigenvalue weighted by atomic mass is 16.4. The molecule has 0 radical (unpaired) electrons. The molecule has 0 aliphatic rings. The Morgan fingerprint density at radius 1 is 1.56 bits per heavy atom. The van der Waals surface area contributed by atoms with Crippen LogP contribution in [0, 0.1) is 18.3 Å². The third kappa shape index (κ3) is 3.77. The molecular formula is C14H18N2O2. The van der Waals surface area contributed by atoms with Gasteiger partial charge in [-0.2, -0.15) is 5.26 Å². The molecule has 0 heterocycles. The summed E-state index contributed by atoms with van der Waals surface area (Å²) in [6.45, 7) is 3.87. The summed E-state index contributed by atoms with van der Waals surface area (Å²) in [5.74, 6) is -0.842. The topological polar surface area (TPSA) is 73.1 Å². The zero-order chi connectivity index (χ0) is 13.5. The van der Waals surface area contributed by atoms with Crippen LogP contribution in [0.25, 0.3) is 0 Å². The molecule has 0 aliphatic heterocycles. The van der Waals surface area contributed by atoms with E-state index < -0.39 is 12.0 Å². The molecule has 2 N–H and O–H groups in total. The fraction of sp³-hybridized carbons (Fsp3) is 0.429. The lowest BCUT2D eigenvalue weighted by atomic mass is 10.1. The van der Waals surface area contributed by atoms with Gasteiger partial charge in [0.15, 0.2) is 0 Å². The highest BCUT2D eigenvalue weighted by molar-refractivity contribution is 5.77. The number of hydrogen-bond acceptors (Lipinski definition) is 3. The van der Waals surface area contributed by atoms with Crippen molar-refractivity contribution >= 4 is 11.7 Å². The van der Waals surface area contributed by atoms with E-state index in [4.69, 9.17) is 10.4 Å². The van der Waals surface area contributed by atoms with Gasteiger partial charge in [-0.05, 0) is 37.1 Å². The van der Waals surface area contributed by atoms with E-state index in [-0.39, 0.29) is 0 Å². The SMILES string of the molecule is CCCCC(Nc1ccc(C#N)c(C)c1)C(=O)O. The number of aryl methyl sites for hydroxylation is 1. The molecule has 0 amide bonds. The van der Waals surface area contributed by atoms with Crippen LogP contribution in [0.1, 0.15) is 37.3 Å². The number of nitriles is 1. The molecule has 0 bridgehead atoms. The van der Waals surface area contributed by atoms with Gasteiger partial charge in [0.05, 0.1) is 11.6 Å². The van der Waals surface area contributed by atoms with E-state index in [0.29, 0.717) is 12.0 Å². The van der Waals surface area contributed by atoms with Crippen LogP contribution in [0.2, 0.25) is 0 Å². The van der Waals surface area contributed by atoms with Crippen LogP contribution in [-0.4, -0.2) is 17.1 Å². The van der Waals surface area contributed by atoms with Crippen LogP contribution in [0.15, 0.2) is 18.2 Å². The molecule has 1 aromatic rings. The van der Waals surface area contributed by atoms with E-state index in [2.05, 4.69) is 11.4 Å². The predicted octanol–water partition coefficient (Wildman–Crippen LogP) is 2.92. The lowest BCUT2D eigenvalue weighted by Gasteiger charge is -2.16. The van der Waals surface area contributed by atoms with Crippen molar-refractivity contribution in [2.45, 2.75) is 39.2 Å². The minimum Gasteiger partial charge on any atom is -0.480 e. The smallest absolute Gasteiger partial charge is 0.326 e.